The lowest BCUT2D eigenvalue weighted by Gasteiger charge is -2.41. The van der Waals surface area contributed by atoms with Crippen LogP contribution in [0, 0.1) is 12.7 Å². The highest BCUT2D eigenvalue weighted by Crippen LogP contribution is 2.40. The number of piperidine rings is 1. The van der Waals surface area contributed by atoms with Gasteiger partial charge in [-0.3, -0.25) is 0 Å². The lowest BCUT2D eigenvalue weighted by molar-refractivity contribution is 0.354. The highest BCUT2D eigenvalue weighted by molar-refractivity contribution is 5.53. The maximum Gasteiger partial charge on any atom is 0.146 e. The van der Waals surface area contributed by atoms with Crippen LogP contribution in [-0.4, -0.2) is 24.7 Å². The fourth-order valence-electron chi connectivity index (χ4n) is 3.91. The molecule has 0 radical (unpaired) electrons. The zero-order chi connectivity index (χ0) is 14.1. The Labute approximate surface area is 121 Å². The molecule has 0 aliphatic carbocycles. The number of nitrogens with one attached hydrogen (secondary N) is 1. The molecule has 2 saturated heterocycles. The van der Waals surface area contributed by atoms with Gasteiger partial charge in [-0.1, -0.05) is 13.0 Å². The van der Waals surface area contributed by atoms with Crippen molar-refractivity contribution < 1.29 is 4.39 Å². The Balaban J connectivity index is 1.78. The summed E-state index contributed by atoms with van der Waals surface area (Å²) >= 11 is 0. The van der Waals surface area contributed by atoms with Gasteiger partial charge in [-0.25, -0.2) is 4.39 Å². The monoisotopic (exact) mass is 276 g/mol. The molecule has 2 heterocycles. The van der Waals surface area contributed by atoms with E-state index in [0.717, 1.165) is 30.6 Å². The highest BCUT2D eigenvalue weighted by atomic mass is 19.1. The summed E-state index contributed by atoms with van der Waals surface area (Å²) in [6.07, 6.45) is 5.92. The molecule has 0 amide bonds. The van der Waals surface area contributed by atoms with Gasteiger partial charge >= 0.3 is 0 Å². The Morgan fingerprint density at radius 1 is 1.25 bits per heavy atom. The fourth-order valence-corrected chi connectivity index (χ4v) is 3.91. The molecule has 2 aliphatic rings. The van der Waals surface area contributed by atoms with Crippen LogP contribution in [0.5, 0.6) is 0 Å². The van der Waals surface area contributed by atoms with Crippen molar-refractivity contribution in [2.75, 3.05) is 11.4 Å². The van der Waals surface area contributed by atoms with Crippen molar-refractivity contribution in [1.29, 1.82) is 0 Å². The van der Waals surface area contributed by atoms with Crippen LogP contribution in [-0.2, 0) is 0 Å². The second-order valence-corrected chi connectivity index (χ2v) is 6.37. The third-order valence-electron chi connectivity index (χ3n) is 4.80. The number of hydrogen-bond acceptors (Lipinski definition) is 2. The summed E-state index contributed by atoms with van der Waals surface area (Å²) in [6.45, 7) is 5.35. The third kappa shape index (κ3) is 2.56. The van der Waals surface area contributed by atoms with Gasteiger partial charge in [-0.2, -0.15) is 0 Å². The van der Waals surface area contributed by atoms with Gasteiger partial charge in [-0.05, 0) is 63.3 Å². The van der Waals surface area contributed by atoms with Gasteiger partial charge in [0.05, 0.1) is 5.69 Å². The third-order valence-corrected chi connectivity index (χ3v) is 4.80. The molecule has 2 unspecified atom stereocenters. The van der Waals surface area contributed by atoms with E-state index in [1.54, 1.807) is 6.07 Å². The van der Waals surface area contributed by atoms with Crippen molar-refractivity contribution in [3.63, 3.8) is 0 Å². The molecule has 3 rings (SSSR count). The molecule has 3 heteroatoms. The van der Waals surface area contributed by atoms with Gasteiger partial charge in [0.15, 0.2) is 0 Å². The maximum atomic E-state index is 14.2. The average Bonchev–Trinajstić information content (AvgIpc) is 2.70. The Morgan fingerprint density at radius 3 is 2.60 bits per heavy atom. The molecule has 0 spiro atoms. The van der Waals surface area contributed by atoms with Crippen LogP contribution in [0.15, 0.2) is 18.2 Å². The molecule has 2 atom stereocenters. The molecule has 110 valence electrons. The molecule has 1 N–H and O–H groups in total. The Morgan fingerprint density at radius 2 is 1.95 bits per heavy atom. The summed E-state index contributed by atoms with van der Waals surface area (Å²) in [5, 5.41) is 3.65. The minimum atomic E-state index is -0.0625. The van der Waals surface area contributed by atoms with E-state index in [1.165, 1.54) is 19.3 Å². The number of aryl methyl sites for hydroxylation is 1. The van der Waals surface area contributed by atoms with Crippen LogP contribution in [0.25, 0.3) is 0 Å². The molecule has 20 heavy (non-hydrogen) atoms. The molecule has 0 aromatic heterocycles. The first-order chi connectivity index (χ1) is 9.69. The van der Waals surface area contributed by atoms with E-state index in [1.807, 2.05) is 19.1 Å². The van der Waals surface area contributed by atoms with Gasteiger partial charge in [-0.15, -0.1) is 0 Å². The van der Waals surface area contributed by atoms with E-state index >= 15 is 0 Å². The number of hydrogen-bond donors (Lipinski definition) is 1. The van der Waals surface area contributed by atoms with Crippen molar-refractivity contribution in [1.82, 2.24) is 5.32 Å². The van der Waals surface area contributed by atoms with Crippen LogP contribution >= 0.6 is 0 Å². The summed E-state index contributed by atoms with van der Waals surface area (Å²) in [6, 6.07) is 7.14. The molecule has 0 saturated carbocycles. The van der Waals surface area contributed by atoms with E-state index in [4.69, 9.17) is 0 Å². The zero-order valence-electron chi connectivity index (χ0n) is 12.5. The Bertz CT molecular complexity index is 460. The Hall–Kier alpha value is -1.09. The van der Waals surface area contributed by atoms with E-state index in [0.29, 0.717) is 18.1 Å². The second-order valence-electron chi connectivity index (χ2n) is 6.37. The first-order valence-electron chi connectivity index (χ1n) is 7.97. The van der Waals surface area contributed by atoms with Gasteiger partial charge in [0.25, 0.3) is 0 Å². The molecule has 2 nitrogen and oxygen atoms in total. The largest absolute Gasteiger partial charge is 0.363 e. The summed E-state index contributed by atoms with van der Waals surface area (Å²) < 4.78 is 14.2. The fraction of sp³-hybridized carbons (Fsp3) is 0.647. The average molecular weight is 276 g/mol. The van der Waals surface area contributed by atoms with Crippen LogP contribution in [0.4, 0.5) is 10.1 Å². The predicted molar refractivity (Wildman–Crippen MR) is 81.7 cm³/mol. The van der Waals surface area contributed by atoms with Crippen molar-refractivity contribution in [2.45, 2.75) is 64.1 Å². The smallest absolute Gasteiger partial charge is 0.146 e. The number of halogens is 1. The van der Waals surface area contributed by atoms with Gasteiger partial charge < -0.3 is 10.2 Å². The van der Waals surface area contributed by atoms with Crippen molar-refractivity contribution in [3.8, 4) is 0 Å². The lowest BCUT2D eigenvalue weighted by atomic mass is 9.96. The SMILES string of the molecule is CCCNC1CC2CCC(C1)N2c1cc(C)ccc1F. The Kier molecular flexibility index (Phi) is 3.97. The normalized spacial score (nSPS) is 28.9. The highest BCUT2D eigenvalue weighted by Gasteiger charge is 2.41. The standard InChI is InChI=1S/C17H25FN2/c1-3-8-19-13-10-14-5-6-15(11-13)20(14)17-9-12(2)4-7-16(17)18/h4,7,9,13-15,19H,3,5-6,8,10-11H2,1-2H3. The second kappa shape index (κ2) is 5.72. The number of fused-ring (bicyclic) bond motifs is 2. The van der Waals surface area contributed by atoms with Crippen molar-refractivity contribution in [2.24, 2.45) is 0 Å². The van der Waals surface area contributed by atoms with Gasteiger partial charge in [0.2, 0.25) is 0 Å². The lowest BCUT2D eigenvalue weighted by Crippen LogP contribution is -2.49. The van der Waals surface area contributed by atoms with Crippen LogP contribution in [0.3, 0.4) is 0 Å². The van der Waals surface area contributed by atoms with Gasteiger partial charge in [0.1, 0.15) is 5.82 Å². The summed E-state index contributed by atoms with van der Waals surface area (Å²) in [5.41, 5.74) is 1.97. The molecule has 2 fully saturated rings. The minimum Gasteiger partial charge on any atom is -0.363 e. The summed E-state index contributed by atoms with van der Waals surface area (Å²) in [7, 11) is 0. The predicted octanol–water partition coefficient (Wildman–Crippen LogP) is 3.63. The van der Waals surface area contributed by atoms with Crippen LogP contribution in [0.1, 0.15) is 44.6 Å². The summed E-state index contributed by atoms with van der Waals surface area (Å²) in [5.74, 6) is -0.0625. The number of nitrogens with zero attached hydrogens (tertiary/aromatic N) is 1. The maximum absolute atomic E-state index is 14.2. The minimum absolute atomic E-state index is 0.0625. The number of rotatable bonds is 4. The first-order valence-corrected chi connectivity index (χ1v) is 7.97. The zero-order valence-corrected chi connectivity index (χ0v) is 12.5. The molecule has 1 aromatic carbocycles. The van der Waals surface area contributed by atoms with Gasteiger partial charge in [0, 0.05) is 18.1 Å². The summed E-state index contributed by atoms with van der Waals surface area (Å²) in [4.78, 5) is 2.37. The molecule has 2 bridgehead atoms. The van der Waals surface area contributed by atoms with Crippen LogP contribution < -0.4 is 10.2 Å². The van der Waals surface area contributed by atoms with Crippen LogP contribution in [0.2, 0.25) is 0 Å². The molecular formula is C17H25FN2. The van der Waals surface area contributed by atoms with E-state index in [-0.39, 0.29) is 5.82 Å². The van der Waals surface area contributed by atoms with E-state index in [9.17, 15) is 4.39 Å². The van der Waals surface area contributed by atoms with E-state index in [2.05, 4.69) is 17.1 Å². The quantitative estimate of drug-likeness (QED) is 0.903. The van der Waals surface area contributed by atoms with E-state index < -0.39 is 0 Å². The molecule has 2 aliphatic heterocycles. The van der Waals surface area contributed by atoms with Crippen molar-refractivity contribution >= 4 is 5.69 Å². The van der Waals surface area contributed by atoms with Crippen molar-refractivity contribution in [3.05, 3.63) is 29.6 Å². The number of anilines is 1. The molecular weight excluding hydrogens is 251 g/mol. The first kappa shape index (κ1) is 13.9. The molecule has 1 aromatic rings. The topological polar surface area (TPSA) is 15.3 Å². The number of benzene rings is 1.